The zero-order valence-corrected chi connectivity index (χ0v) is 20.1. The molecule has 0 saturated carbocycles. The summed E-state index contributed by atoms with van der Waals surface area (Å²) < 4.78 is 28.0. The number of rotatable bonds is 9. The van der Waals surface area contributed by atoms with E-state index in [9.17, 15) is 18.0 Å². The van der Waals surface area contributed by atoms with Crippen LogP contribution in [0.25, 0.3) is 0 Å². The van der Waals surface area contributed by atoms with Crippen molar-refractivity contribution < 1.29 is 18.0 Å². The molecule has 0 aliphatic rings. The van der Waals surface area contributed by atoms with Crippen LogP contribution in [0.3, 0.4) is 0 Å². The molecule has 9 heteroatoms. The lowest BCUT2D eigenvalue weighted by atomic mass is 10.1. The van der Waals surface area contributed by atoms with Crippen molar-refractivity contribution in [2.24, 2.45) is 0 Å². The number of carbonyl (C=O) groups is 2. The van der Waals surface area contributed by atoms with Gasteiger partial charge in [-0.3, -0.25) is 13.9 Å². The molecule has 0 bridgehead atoms. The molecule has 3 aromatic rings. The second-order valence-corrected chi connectivity index (χ2v) is 9.65. The first-order valence-electron chi connectivity index (χ1n) is 10.4. The third-order valence-corrected chi connectivity index (χ3v) is 6.92. The van der Waals surface area contributed by atoms with E-state index in [4.69, 9.17) is 11.6 Å². The molecule has 0 heterocycles. The van der Waals surface area contributed by atoms with Crippen molar-refractivity contribution in [2.45, 2.75) is 11.8 Å². The molecule has 0 aromatic heterocycles. The highest BCUT2D eigenvalue weighted by molar-refractivity contribution is 7.92. The molecule has 0 aliphatic carbocycles. The van der Waals surface area contributed by atoms with Crippen molar-refractivity contribution >= 4 is 44.8 Å². The minimum atomic E-state index is -4.10. The summed E-state index contributed by atoms with van der Waals surface area (Å²) in [5.74, 6) is -1.02. The minimum absolute atomic E-state index is 0.0337. The lowest BCUT2D eigenvalue weighted by Gasteiger charge is -2.26. The van der Waals surface area contributed by atoms with Crippen LogP contribution < -0.4 is 14.9 Å². The molecule has 34 heavy (non-hydrogen) atoms. The highest BCUT2D eigenvalue weighted by Crippen LogP contribution is 2.29. The molecule has 3 rings (SSSR count). The van der Waals surface area contributed by atoms with E-state index < -0.39 is 28.4 Å². The van der Waals surface area contributed by atoms with Gasteiger partial charge < -0.3 is 10.6 Å². The number of sulfonamides is 1. The van der Waals surface area contributed by atoms with Crippen molar-refractivity contribution in [2.75, 3.05) is 22.7 Å². The number of benzene rings is 3. The average molecular weight is 498 g/mol. The molecule has 0 saturated heterocycles. The van der Waals surface area contributed by atoms with Crippen LogP contribution in [0.1, 0.15) is 15.9 Å². The summed E-state index contributed by atoms with van der Waals surface area (Å²) in [5, 5.41) is 5.65. The van der Waals surface area contributed by atoms with E-state index in [-0.39, 0.29) is 28.4 Å². The molecule has 0 fully saturated rings. The van der Waals surface area contributed by atoms with Gasteiger partial charge in [-0.25, -0.2) is 8.42 Å². The smallest absolute Gasteiger partial charge is 0.264 e. The summed E-state index contributed by atoms with van der Waals surface area (Å²) in [5.41, 5.74) is 1.41. The first-order valence-corrected chi connectivity index (χ1v) is 12.2. The third-order valence-electron chi connectivity index (χ3n) is 4.91. The van der Waals surface area contributed by atoms with Gasteiger partial charge in [0, 0.05) is 11.6 Å². The highest BCUT2D eigenvalue weighted by atomic mass is 35.5. The summed E-state index contributed by atoms with van der Waals surface area (Å²) in [7, 11) is -4.10. The van der Waals surface area contributed by atoms with Gasteiger partial charge >= 0.3 is 0 Å². The van der Waals surface area contributed by atoms with Crippen LogP contribution in [0.5, 0.6) is 0 Å². The summed E-state index contributed by atoms with van der Waals surface area (Å²) >= 11 is 6.15. The summed E-state index contributed by atoms with van der Waals surface area (Å²) in [6, 6.07) is 19.1. The van der Waals surface area contributed by atoms with Crippen molar-refractivity contribution in [3.63, 3.8) is 0 Å². The molecule has 0 radical (unpaired) electrons. The van der Waals surface area contributed by atoms with Crippen LogP contribution in [-0.2, 0) is 14.8 Å². The predicted octanol–water partition coefficient (Wildman–Crippen LogP) is 4.40. The van der Waals surface area contributed by atoms with E-state index in [1.165, 1.54) is 18.2 Å². The van der Waals surface area contributed by atoms with Gasteiger partial charge in [0.2, 0.25) is 5.91 Å². The molecule has 7 nitrogen and oxygen atoms in total. The summed E-state index contributed by atoms with van der Waals surface area (Å²) in [6.07, 6.45) is 1.54. The minimum Gasteiger partial charge on any atom is -0.349 e. The number of nitrogens with one attached hydrogen (secondary N) is 2. The summed E-state index contributed by atoms with van der Waals surface area (Å²) in [6.45, 7) is 5.03. The number of anilines is 2. The zero-order valence-electron chi connectivity index (χ0n) is 18.5. The Labute approximate surface area is 204 Å². The number of nitrogens with zero attached hydrogens (tertiary/aromatic N) is 1. The largest absolute Gasteiger partial charge is 0.349 e. The number of hydrogen-bond acceptors (Lipinski definition) is 4. The Hall–Kier alpha value is -3.62. The van der Waals surface area contributed by atoms with Gasteiger partial charge in [-0.2, -0.15) is 0 Å². The monoisotopic (exact) mass is 497 g/mol. The molecular weight excluding hydrogens is 474 g/mol. The van der Waals surface area contributed by atoms with Gasteiger partial charge in [0.05, 0.1) is 21.8 Å². The molecule has 2 N–H and O–H groups in total. The summed E-state index contributed by atoms with van der Waals surface area (Å²) in [4.78, 5) is 25.5. The lowest BCUT2D eigenvalue weighted by molar-refractivity contribution is -0.114. The first kappa shape index (κ1) is 25.0. The van der Waals surface area contributed by atoms with Crippen molar-refractivity contribution in [3.8, 4) is 0 Å². The van der Waals surface area contributed by atoms with Crippen LogP contribution in [0.15, 0.2) is 90.3 Å². The molecule has 0 unspecified atom stereocenters. The van der Waals surface area contributed by atoms with E-state index >= 15 is 0 Å². The van der Waals surface area contributed by atoms with Crippen molar-refractivity contribution in [1.29, 1.82) is 0 Å². The maximum absolute atomic E-state index is 13.5. The van der Waals surface area contributed by atoms with Gasteiger partial charge in [0.1, 0.15) is 6.54 Å². The van der Waals surface area contributed by atoms with Crippen LogP contribution in [-0.4, -0.2) is 33.3 Å². The zero-order chi connectivity index (χ0) is 24.7. The van der Waals surface area contributed by atoms with Gasteiger partial charge in [-0.15, -0.1) is 6.58 Å². The normalized spacial score (nSPS) is 10.9. The van der Waals surface area contributed by atoms with E-state index in [2.05, 4.69) is 17.2 Å². The van der Waals surface area contributed by atoms with Gasteiger partial charge in [0.15, 0.2) is 0 Å². The maximum Gasteiger partial charge on any atom is 0.264 e. The molecule has 176 valence electrons. The Morgan fingerprint density at radius 3 is 2.41 bits per heavy atom. The topological polar surface area (TPSA) is 95.6 Å². The number of halogens is 1. The SMILES string of the molecule is C=CCNC(=O)c1ccccc1NC(=O)CN(c1cc(Cl)ccc1C)S(=O)(=O)c1ccccc1. The fourth-order valence-electron chi connectivity index (χ4n) is 3.24. The number of carbonyl (C=O) groups excluding carboxylic acids is 2. The standard InChI is InChI=1S/C25H24ClN3O4S/c1-3-15-27-25(31)21-11-7-8-12-22(21)28-24(30)17-29(23-16-19(26)14-13-18(23)2)34(32,33)20-9-5-4-6-10-20/h3-14,16H,1,15,17H2,2H3,(H,27,31)(H,28,30). The van der Waals surface area contributed by atoms with Crippen LogP contribution >= 0.6 is 11.6 Å². The first-order chi connectivity index (χ1) is 16.2. The van der Waals surface area contributed by atoms with E-state index in [0.717, 1.165) is 4.31 Å². The number of para-hydroxylation sites is 1. The quantitative estimate of drug-likeness (QED) is 0.428. The third kappa shape index (κ3) is 5.84. The highest BCUT2D eigenvalue weighted by Gasteiger charge is 2.28. The molecule has 3 aromatic carbocycles. The Morgan fingerprint density at radius 2 is 1.71 bits per heavy atom. The number of aryl methyl sites for hydroxylation is 1. The van der Waals surface area contributed by atoms with Crippen molar-refractivity contribution in [1.82, 2.24) is 5.32 Å². The Kier molecular flexibility index (Phi) is 8.09. The fraction of sp³-hybridized carbons (Fsp3) is 0.120. The molecule has 0 aliphatic heterocycles. The number of amides is 2. The molecule has 0 atom stereocenters. The van der Waals surface area contributed by atoms with Crippen LogP contribution in [0.4, 0.5) is 11.4 Å². The molecular formula is C25H24ClN3O4S. The van der Waals surface area contributed by atoms with E-state index in [1.807, 2.05) is 0 Å². The fourth-order valence-corrected chi connectivity index (χ4v) is 4.91. The second kappa shape index (κ2) is 11.0. The second-order valence-electron chi connectivity index (χ2n) is 7.35. The average Bonchev–Trinajstić information content (AvgIpc) is 2.83. The van der Waals surface area contributed by atoms with Gasteiger partial charge in [-0.1, -0.05) is 54.1 Å². The van der Waals surface area contributed by atoms with Crippen molar-refractivity contribution in [3.05, 3.63) is 102 Å². The van der Waals surface area contributed by atoms with Gasteiger partial charge in [0.25, 0.3) is 15.9 Å². The van der Waals surface area contributed by atoms with Gasteiger partial charge in [-0.05, 0) is 48.9 Å². The predicted molar refractivity (Wildman–Crippen MR) is 135 cm³/mol. The molecule has 0 spiro atoms. The van der Waals surface area contributed by atoms with E-state index in [0.29, 0.717) is 10.6 Å². The Bertz CT molecular complexity index is 1310. The van der Waals surface area contributed by atoms with Crippen LogP contribution in [0.2, 0.25) is 5.02 Å². The maximum atomic E-state index is 13.5. The lowest BCUT2D eigenvalue weighted by Crippen LogP contribution is -2.39. The number of hydrogen-bond donors (Lipinski definition) is 2. The Balaban J connectivity index is 1.96. The molecule has 2 amide bonds. The van der Waals surface area contributed by atoms with Crippen LogP contribution in [0, 0.1) is 6.92 Å². The van der Waals surface area contributed by atoms with E-state index in [1.54, 1.807) is 67.6 Å². The Morgan fingerprint density at radius 1 is 1.03 bits per heavy atom.